The molecule has 0 spiro atoms. The first-order valence-corrected chi connectivity index (χ1v) is 7.64. The van der Waals surface area contributed by atoms with Crippen LogP contribution in [0.2, 0.25) is 0 Å². The van der Waals surface area contributed by atoms with Crippen LogP contribution in [-0.2, 0) is 6.42 Å². The Hall–Kier alpha value is -1.64. The van der Waals surface area contributed by atoms with E-state index in [0.717, 1.165) is 24.8 Å². The molecule has 2 aromatic carbocycles. The number of rotatable bonds is 5. The second-order valence-corrected chi connectivity index (χ2v) is 6.46. The van der Waals surface area contributed by atoms with Gasteiger partial charge in [-0.1, -0.05) is 60.2 Å². The molecule has 1 saturated carbocycles. The van der Waals surface area contributed by atoms with Gasteiger partial charge in [0.15, 0.2) is 0 Å². The molecule has 3 N–H and O–H groups in total. The van der Waals surface area contributed by atoms with Crippen molar-refractivity contribution in [2.24, 2.45) is 11.7 Å². The summed E-state index contributed by atoms with van der Waals surface area (Å²) in [6, 6.07) is 18.5. The normalized spacial score (nSPS) is 25.6. The van der Waals surface area contributed by atoms with E-state index in [9.17, 15) is 5.11 Å². The van der Waals surface area contributed by atoms with E-state index < -0.39 is 6.10 Å². The molecule has 0 aromatic heterocycles. The van der Waals surface area contributed by atoms with Crippen molar-refractivity contribution in [1.82, 2.24) is 0 Å². The SMILES string of the molecule is Cc1ccc(C(O)C[C@@H]2C[C@@]2(N)Cc2ccccc2)cc1. The molecule has 2 nitrogen and oxygen atoms in total. The molecule has 0 radical (unpaired) electrons. The Morgan fingerprint density at radius 2 is 1.81 bits per heavy atom. The van der Waals surface area contributed by atoms with Gasteiger partial charge in [-0.25, -0.2) is 0 Å². The quantitative estimate of drug-likeness (QED) is 0.882. The van der Waals surface area contributed by atoms with Crippen LogP contribution in [0.5, 0.6) is 0 Å². The highest BCUT2D eigenvalue weighted by atomic mass is 16.3. The van der Waals surface area contributed by atoms with Crippen LogP contribution in [0, 0.1) is 12.8 Å². The van der Waals surface area contributed by atoms with E-state index in [1.54, 1.807) is 0 Å². The number of aryl methyl sites for hydroxylation is 1. The van der Waals surface area contributed by atoms with Crippen LogP contribution in [0.3, 0.4) is 0 Å². The minimum atomic E-state index is -0.406. The van der Waals surface area contributed by atoms with E-state index in [-0.39, 0.29) is 5.54 Å². The van der Waals surface area contributed by atoms with Gasteiger partial charge < -0.3 is 10.8 Å². The van der Waals surface area contributed by atoms with Crippen molar-refractivity contribution in [3.8, 4) is 0 Å². The fourth-order valence-electron chi connectivity index (χ4n) is 3.10. The van der Waals surface area contributed by atoms with E-state index >= 15 is 0 Å². The fourth-order valence-corrected chi connectivity index (χ4v) is 3.10. The summed E-state index contributed by atoms with van der Waals surface area (Å²) in [7, 11) is 0. The Labute approximate surface area is 126 Å². The Balaban J connectivity index is 1.59. The smallest absolute Gasteiger partial charge is 0.0793 e. The van der Waals surface area contributed by atoms with Crippen molar-refractivity contribution >= 4 is 0 Å². The molecule has 110 valence electrons. The first-order chi connectivity index (χ1) is 10.1. The largest absolute Gasteiger partial charge is 0.388 e. The number of aliphatic hydroxyl groups is 1. The molecule has 3 atom stereocenters. The van der Waals surface area contributed by atoms with Gasteiger partial charge in [-0.3, -0.25) is 0 Å². The third kappa shape index (κ3) is 3.34. The van der Waals surface area contributed by atoms with Crippen molar-refractivity contribution in [3.05, 3.63) is 71.3 Å². The molecule has 0 aliphatic heterocycles. The maximum atomic E-state index is 10.4. The van der Waals surface area contributed by atoms with Crippen LogP contribution in [-0.4, -0.2) is 10.6 Å². The highest BCUT2D eigenvalue weighted by Crippen LogP contribution is 2.48. The molecule has 0 amide bonds. The predicted octanol–water partition coefficient (Wildman–Crippen LogP) is 3.38. The summed E-state index contributed by atoms with van der Waals surface area (Å²) >= 11 is 0. The molecule has 0 heterocycles. The maximum Gasteiger partial charge on any atom is 0.0793 e. The maximum absolute atomic E-state index is 10.4. The molecular weight excluding hydrogens is 258 g/mol. The Kier molecular flexibility index (Phi) is 3.83. The van der Waals surface area contributed by atoms with E-state index in [0.29, 0.717) is 5.92 Å². The molecule has 21 heavy (non-hydrogen) atoms. The highest BCUT2D eigenvalue weighted by Gasteiger charge is 2.50. The molecule has 2 aromatic rings. The van der Waals surface area contributed by atoms with Crippen molar-refractivity contribution < 1.29 is 5.11 Å². The number of benzene rings is 2. The third-order valence-corrected chi connectivity index (χ3v) is 4.63. The highest BCUT2D eigenvalue weighted by molar-refractivity contribution is 5.26. The van der Waals surface area contributed by atoms with Crippen molar-refractivity contribution in [2.75, 3.05) is 0 Å². The topological polar surface area (TPSA) is 46.2 Å². The van der Waals surface area contributed by atoms with Gasteiger partial charge in [0.1, 0.15) is 0 Å². The molecule has 1 fully saturated rings. The summed E-state index contributed by atoms with van der Waals surface area (Å²) in [5, 5.41) is 10.4. The average Bonchev–Trinajstić information content (AvgIpc) is 3.09. The second kappa shape index (κ2) is 5.63. The Morgan fingerprint density at radius 1 is 1.14 bits per heavy atom. The molecule has 1 unspecified atom stereocenters. The first kappa shape index (κ1) is 14.3. The average molecular weight is 281 g/mol. The van der Waals surface area contributed by atoms with Crippen molar-refractivity contribution in [3.63, 3.8) is 0 Å². The van der Waals surface area contributed by atoms with Gasteiger partial charge in [0.2, 0.25) is 0 Å². The van der Waals surface area contributed by atoms with Gasteiger partial charge in [0, 0.05) is 5.54 Å². The van der Waals surface area contributed by atoms with Crippen LogP contribution in [0.1, 0.15) is 35.6 Å². The van der Waals surface area contributed by atoms with Crippen LogP contribution in [0.4, 0.5) is 0 Å². The van der Waals surface area contributed by atoms with Crippen LogP contribution in [0.15, 0.2) is 54.6 Å². The lowest BCUT2D eigenvalue weighted by molar-refractivity contribution is 0.156. The standard InChI is InChI=1S/C19H23NO/c1-14-7-9-16(10-8-14)18(21)11-17-13-19(17,20)12-15-5-3-2-4-6-15/h2-10,17-18,21H,11-13,20H2,1H3/t17-,18?,19+/m1/s1. The second-order valence-electron chi connectivity index (χ2n) is 6.46. The molecule has 0 saturated heterocycles. The lowest BCUT2D eigenvalue weighted by Crippen LogP contribution is -2.28. The Morgan fingerprint density at radius 3 is 2.48 bits per heavy atom. The van der Waals surface area contributed by atoms with E-state index in [4.69, 9.17) is 5.73 Å². The summed E-state index contributed by atoms with van der Waals surface area (Å²) in [5.41, 5.74) is 9.83. The van der Waals surface area contributed by atoms with Gasteiger partial charge in [0.25, 0.3) is 0 Å². The first-order valence-electron chi connectivity index (χ1n) is 7.64. The van der Waals surface area contributed by atoms with Crippen molar-refractivity contribution in [1.29, 1.82) is 0 Å². The lowest BCUT2D eigenvalue weighted by atomic mass is 9.98. The molecule has 0 bridgehead atoms. The molecule has 2 heteroatoms. The van der Waals surface area contributed by atoms with Crippen LogP contribution in [0.25, 0.3) is 0 Å². The predicted molar refractivity (Wildman–Crippen MR) is 85.9 cm³/mol. The zero-order valence-electron chi connectivity index (χ0n) is 12.5. The summed E-state index contributed by atoms with van der Waals surface area (Å²) < 4.78 is 0. The number of hydrogen-bond donors (Lipinski definition) is 2. The molecule has 1 aliphatic carbocycles. The summed E-state index contributed by atoms with van der Waals surface area (Å²) in [4.78, 5) is 0. The number of hydrogen-bond acceptors (Lipinski definition) is 2. The van der Waals surface area contributed by atoms with Gasteiger partial charge in [0.05, 0.1) is 6.10 Å². The fraction of sp³-hybridized carbons (Fsp3) is 0.368. The van der Waals surface area contributed by atoms with Crippen LogP contribution < -0.4 is 5.73 Å². The summed E-state index contributed by atoms with van der Waals surface area (Å²) in [5.74, 6) is 0.411. The minimum Gasteiger partial charge on any atom is -0.388 e. The van der Waals surface area contributed by atoms with E-state index in [2.05, 4.69) is 31.2 Å². The number of aliphatic hydroxyl groups excluding tert-OH is 1. The third-order valence-electron chi connectivity index (χ3n) is 4.63. The zero-order chi connectivity index (χ0) is 14.9. The van der Waals surface area contributed by atoms with Gasteiger partial charge in [-0.15, -0.1) is 0 Å². The molecule has 1 aliphatic rings. The van der Waals surface area contributed by atoms with Crippen molar-refractivity contribution in [2.45, 2.75) is 37.8 Å². The van der Waals surface area contributed by atoms with Gasteiger partial charge in [-0.05, 0) is 43.2 Å². The van der Waals surface area contributed by atoms with Gasteiger partial charge >= 0.3 is 0 Å². The lowest BCUT2D eigenvalue weighted by Gasteiger charge is -2.15. The minimum absolute atomic E-state index is 0.132. The van der Waals surface area contributed by atoms with Crippen LogP contribution >= 0.6 is 0 Å². The molecular formula is C19H23NO. The summed E-state index contributed by atoms with van der Waals surface area (Å²) in [6.45, 7) is 2.06. The number of nitrogens with two attached hydrogens (primary N) is 1. The van der Waals surface area contributed by atoms with E-state index in [1.165, 1.54) is 11.1 Å². The van der Waals surface area contributed by atoms with Gasteiger partial charge in [-0.2, -0.15) is 0 Å². The zero-order valence-corrected chi connectivity index (χ0v) is 12.5. The molecule has 3 rings (SSSR count). The Bertz CT molecular complexity index is 593. The summed E-state index contributed by atoms with van der Waals surface area (Å²) in [6.07, 6.45) is 2.26. The monoisotopic (exact) mass is 281 g/mol. The van der Waals surface area contributed by atoms with E-state index in [1.807, 2.05) is 30.3 Å².